The van der Waals surface area contributed by atoms with E-state index in [0.29, 0.717) is 0 Å². The van der Waals surface area contributed by atoms with Crippen molar-refractivity contribution in [1.82, 2.24) is 10.3 Å². The fourth-order valence-electron chi connectivity index (χ4n) is 1.69. The van der Waals surface area contributed by atoms with Gasteiger partial charge in [0.05, 0.1) is 0 Å². The van der Waals surface area contributed by atoms with Crippen LogP contribution < -0.4 is 11.3 Å². The van der Waals surface area contributed by atoms with Crippen LogP contribution in [-0.4, -0.2) is 31.1 Å². The first kappa shape index (κ1) is 9.96. The van der Waals surface area contributed by atoms with Gasteiger partial charge in [0.25, 0.3) is 0 Å². The van der Waals surface area contributed by atoms with Crippen LogP contribution in [0.3, 0.4) is 0 Å². The second-order valence-corrected chi connectivity index (χ2v) is 3.83. The molecule has 0 saturated carbocycles. The highest BCUT2D eigenvalue weighted by Gasteiger charge is 2.14. The number of rotatable bonds is 4. The molecule has 0 aromatic rings. The van der Waals surface area contributed by atoms with Crippen molar-refractivity contribution in [3.63, 3.8) is 0 Å². The van der Waals surface area contributed by atoms with E-state index in [9.17, 15) is 0 Å². The van der Waals surface area contributed by atoms with Gasteiger partial charge < -0.3 is 4.90 Å². The molecule has 1 aliphatic heterocycles. The number of nitrogens with two attached hydrogens (primary N) is 1. The van der Waals surface area contributed by atoms with Crippen LogP contribution in [0.15, 0.2) is 0 Å². The van der Waals surface area contributed by atoms with E-state index in [4.69, 9.17) is 5.84 Å². The van der Waals surface area contributed by atoms with E-state index in [0.717, 1.165) is 12.5 Å². The largest absolute Gasteiger partial charge is 0.303 e. The Bertz CT molecular complexity index is 108. The van der Waals surface area contributed by atoms with Gasteiger partial charge in [-0.05, 0) is 44.8 Å². The lowest BCUT2D eigenvalue weighted by Crippen LogP contribution is -2.35. The molecule has 1 heterocycles. The Morgan fingerprint density at radius 2 is 2.08 bits per heavy atom. The molecule has 0 aromatic carbocycles. The Labute approximate surface area is 75.3 Å². The summed E-state index contributed by atoms with van der Waals surface area (Å²) < 4.78 is 0. The number of likely N-dealkylation sites (tertiary alicyclic amines) is 1. The van der Waals surface area contributed by atoms with Crippen molar-refractivity contribution in [2.45, 2.75) is 26.2 Å². The molecule has 0 aromatic heterocycles. The summed E-state index contributed by atoms with van der Waals surface area (Å²) in [7, 11) is 0. The Hall–Kier alpha value is -0.120. The fraction of sp³-hybridized carbons (Fsp3) is 1.00. The highest BCUT2D eigenvalue weighted by Crippen LogP contribution is 2.15. The van der Waals surface area contributed by atoms with Gasteiger partial charge in [0.1, 0.15) is 0 Å². The average molecular weight is 171 g/mol. The van der Waals surface area contributed by atoms with Gasteiger partial charge in [-0.25, -0.2) is 0 Å². The molecule has 0 aliphatic carbocycles. The first-order valence-corrected chi connectivity index (χ1v) is 4.98. The Morgan fingerprint density at radius 1 is 1.42 bits per heavy atom. The van der Waals surface area contributed by atoms with Crippen LogP contribution in [0.4, 0.5) is 0 Å². The van der Waals surface area contributed by atoms with Crippen LogP contribution in [0.5, 0.6) is 0 Å². The maximum Gasteiger partial charge on any atom is 0.0110 e. The van der Waals surface area contributed by atoms with Crippen molar-refractivity contribution in [1.29, 1.82) is 0 Å². The zero-order chi connectivity index (χ0) is 8.81. The molecule has 1 aliphatic rings. The van der Waals surface area contributed by atoms with E-state index in [2.05, 4.69) is 17.2 Å². The van der Waals surface area contributed by atoms with Crippen molar-refractivity contribution < 1.29 is 0 Å². The van der Waals surface area contributed by atoms with E-state index < -0.39 is 0 Å². The zero-order valence-corrected chi connectivity index (χ0v) is 8.05. The average Bonchev–Trinajstić information content (AvgIpc) is 2.09. The number of hydrazine groups is 1. The topological polar surface area (TPSA) is 41.3 Å². The second-order valence-electron chi connectivity index (χ2n) is 3.83. The first-order valence-electron chi connectivity index (χ1n) is 4.98. The first-order chi connectivity index (χ1) is 5.83. The van der Waals surface area contributed by atoms with Crippen molar-refractivity contribution >= 4 is 0 Å². The van der Waals surface area contributed by atoms with Crippen molar-refractivity contribution in [2.24, 2.45) is 11.8 Å². The fourth-order valence-corrected chi connectivity index (χ4v) is 1.69. The van der Waals surface area contributed by atoms with Gasteiger partial charge in [-0.15, -0.1) is 0 Å². The van der Waals surface area contributed by atoms with Gasteiger partial charge in [-0.3, -0.25) is 11.3 Å². The van der Waals surface area contributed by atoms with Gasteiger partial charge in [-0.1, -0.05) is 6.92 Å². The van der Waals surface area contributed by atoms with Crippen LogP contribution in [-0.2, 0) is 0 Å². The molecule has 72 valence electrons. The Kier molecular flexibility index (Phi) is 4.58. The minimum atomic E-state index is 0.937. The molecule has 3 N–H and O–H groups in total. The molecule has 0 unspecified atom stereocenters. The second kappa shape index (κ2) is 5.51. The van der Waals surface area contributed by atoms with Crippen LogP contribution in [0.2, 0.25) is 0 Å². The lowest BCUT2D eigenvalue weighted by Gasteiger charge is -2.29. The lowest BCUT2D eigenvalue weighted by molar-refractivity contribution is 0.190. The number of hydrogen-bond acceptors (Lipinski definition) is 3. The summed E-state index contributed by atoms with van der Waals surface area (Å²) in [4.78, 5) is 2.54. The van der Waals surface area contributed by atoms with Gasteiger partial charge in [0.2, 0.25) is 0 Å². The molecule has 1 saturated heterocycles. The maximum absolute atomic E-state index is 5.20. The predicted octanol–water partition coefficient (Wildman–Crippen LogP) is 0.572. The summed E-state index contributed by atoms with van der Waals surface area (Å²) in [5.74, 6) is 6.14. The summed E-state index contributed by atoms with van der Waals surface area (Å²) in [6, 6.07) is 0. The molecule has 1 fully saturated rings. The van der Waals surface area contributed by atoms with E-state index in [1.54, 1.807) is 0 Å². The summed E-state index contributed by atoms with van der Waals surface area (Å²) in [5, 5.41) is 0. The smallest absolute Gasteiger partial charge is 0.0110 e. The van der Waals surface area contributed by atoms with Gasteiger partial charge >= 0.3 is 0 Å². The Morgan fingerprint density at radius 3 is 2.67 bits per heavy atom. The monoisotopic (exact) mass is 171 g/mol. The van der Waals surface area contributed by atoms with Crippen LogP contribution in [0.25, 0.3) is 0 Å². The highest BCUT2D eigenvalue weighted by molar-refractivity contribution is 4.69. The molecule has 1 rings (SSSR count). The lowest BCUT2D eigenvalue weighted by atomic mass is 9.99. The van der Waals surface area contributed by atoms with Crippen LogP contribution in [0, 0.1) is 5.92 Å². The number of nitrogens with one attached hydrogen (secondary N) is 1. The van der Waals surface area contributed by atoms with Crippen LogP contribution >= 0.6 is 0 Å². The molecule has 0 amide bonds. The molecule has 3 heteroatoms. The number of piperidine rings is 1. The summed E-state index contributed by atoms with van der Waals surface area (Å²) in [6.45, 7) is 7.05. The van der Waals surface area contributed by atoms with E-state index in [1.807, 2.05) is 0 Å². The molecule has 12 heavy (non-hydrogen) atoms. The molecule has 0 bridgehead atoms. The maximum atomic E-state index is 5.20. The van der Waals surface area contributed by atoms with Gasteiger partial charge in [0, 0.05) is 6.54 Å². The standard InChI is InChI=1S/C9H21N3/c1-9-3-7-12(8-4-9)6-2-5-11-10/h9,11H,2-8,10H2,1H3. The predicted molar refractivity (Wildman–Crippen MR) is 51.6 cm³/mol. The minimum Gasteiger partial charge on any atom is -0.303 e. The zero-order valence-electron chi connectivity index (χ0n) is 8.05. The van der Waals surface area contributed by atoms with E-state index in [1.165, 1.54) is 38.9 Å². The van der Waals surface area contributed by atoms with Crippen molar-refractivity contribution in [3.05, 3.63) is 0 Å². The van der Waals surface area contributed by atoms with Crippen molar-refractivity contribution in [2.75, 3.05) is 26.2 Å². The minimum absolute atomic E-state index is 0.937. The third-order valence-corrected chi connectivity index (χ3v) is 2.67. The normalized spacial score (nSPS) is 21.5. The SMILES string of the molecule is CC1CCN(CCCNN)CC1. The summed E-state index contributed by atoms with van der Waals surface area (Å²) >= 11 is 0. The van der Waals surface area contributed by atoms with E-state index >= 15 is 0 Å². The van der Waals surface area contributed by atoms with E-state index in [-0.39, 0.29) is 0 Å². The molecule has 0 radical (unpaired) electrons. The number of hydrogen-bond donors (Lipinski definition) is 2. The summed E-state index contributed by atoms with van der Waals surface area (Å²) in [5.41, 5.74) is 2.69. The molecule has 3 nitrogen and oxygen atoms in total. The number of nitrogens with zero attached hydrogens (tertiary/aromatic N) is 1. The van der Waals surface area contributed by atoms with Crippen LogP contribution in [0.1, 0.15) is 26.2 Å². The van der Waals surface area contributed by atoms with Crippen molar-refractivity contribution in [3.8, 4) is 0 Å². The third kappa shape index (κ3) is 3.52. The highest BCUT2D eigenvalue weighted by atomic mass is 15.2. The molecule has 0 atom stereocenters. The molecule has 0 spiro atoms. The molecular weight excluding hydrogens is 150 g/mol. The molecular formula is C9H21N3. The van der Waals surface area contributed by atoms with Gasteiger partial charge in [-0.2, -0.15) is 0 Å². The Balaban J connectivity index is 2.01. The third-order valence-electron chi connectivity index (χ3n) is 2.67. The van der Waals surface area contributed by atoms with Gasteiger partial charge in [0.15, 0.2) is 0 Å². The quantitative estimate of drug-likeness (QED) is 0.369. The summed E-state index contributed by atoms with van der Waals surface area (Å²) in [6.07, 6.45) is 3.91.